The first-order valence-electron chi connectivity index (χ1n) is 5.96. The van der Waals surface area contributed by atoms with Gasteiger partial charge >= 0.3 is 6.09 Å². The zero-order valence-electron chi connectivity index (χ0n) is 10.2. The van der Waals surface area contributed by atoms with Crippen LogP contribution in [0, 0.1) is 0 Å². The average molecular weight is 241 g/mol. The molecule has 0 aromatic carbocycles. The number of carbonyl (C=O) groups is 1. The predicted molar refractivity (Wildman–Crippen MR) is 61.6 cm³/mol. The molecule has 0 radical (unpaired) electrons. The molecule has 1 fully saturated rings. The van der Waals surface area contributed by atoms with E-state index in [1.54, 1.807) is 13.8 Å². The lowest BCUT2D eigenvalue weighted by molar-refractivity contribution is -0.0453. The molecule has 5 heteroatoms. The zero-order valence-corrected chi connectivity index (χ0v) is 10.2. The maximum atomic E-state index is 11.3. The van der Waals surface area contributed by atoms with E-state index in [9.17, 15) is 15.0 Å². The second kappa shape index (κ2) is 4.31. The highest BCUT2D eigenvalue weighted by Gasteiger charge is 2.47. The number of carboxylic acid groups (broad SMARTS) is 1. The van der Waals surface area contributed by atoms with Crippen LogP contribution in [0.3, 0.4) is 0 Å². The van der Waals surface area contributed by atoms with Gasteiger partial charge < -0.3 is 14.9 Å². The Morgan fingerprint density at radius 2 is 2.35 bits per heavy atom. The third-order valence-electron chi connectivity index (χ3n) is 3.55. The van der Waals surface area contributed by atoms with Gasteiger partial charge in [0.2, 0.25) is 0 Å². The first kappa shape index (κ1) is 12.4. The summed E-state index contributed by atoms with van der Waals surface area (Å²) in [6.07, 6.45) is 3.08. The average Bonchev–Trinajstić information content (AvgIpc) is 2.83. The van der Waals surface area contributed by atoms with E-state index in [2.05, 4.69) is 0 Å². The topological polar surface area (TPSA) is 70.0 Å². The molecule has 1 amide bonds. The summed E-state index contributed by atoms with van der Waals surface area (Å²) >= 11 is 0. The van der Waals surface area contributed by atoms with Gasteiger partial charge in [0.1, 0.15) is 5.72 Å². The molecule has 0 spiro atoms. The summed E-state index contributed by atoms with van der Waals surface area (Å²) in [7, 11) is 0. The lowest BCUT2D eigenvalue weighted by Crippen LogP contribution is -2.51. The molecule has 1 aliphatic heterocycles. The molecule has 2 N–H and O–H groups in total. The Morgan fingerprint density at radius 3 is 2.88 bits per heavy atom. The van der Waals surface area contributed by atoms with Crippen LogP contribution in [-0.4, -0.2) is 45.7 Å². The van der Waals surface area contributed by atoms with Gasteiger partial charge in [-0.25, -0.2) is 4.79 Å². The minimum Gasteiger partial charge on any atom is -0.465 e. The van der Waals surface area contributed by atoms with Crippen LogP contribution < -0.4 is 0 Å². The molecule has 96 valence electrons. The van der Waals surface area contributed by atoms with Gasteiger partial charge in [-0.15, -0.1) is 0 Å². The number of amides is 1. The number of allylic oxidation sites excluding steroid dienone is 1. The van der Waals surface area contributed by atoms with Crippen LogP contribution in [0.2, 0.25) is 0 Å². The Balaban J connectivity index is 2.17. The van der Waals surface area contributed by atoms with Crippen LogP contribution in [-0.2, 0) is 4.74 Å². The normalized spacial score (nSPS) is 29.2. The number of ether oxygens (including phenoxy) is 1. The molecule has 0 aromatic heterocycles. The molecular formula is C12H19NO4. The highest BCUT2D eigenvalue weighted by molar-refractivity contribution is 5.67. The summed E-state index contributed by atoms with van der Waals surface area (Å²) in [6.45, 7) is 3.66. The molecule has 2 rings (SSSR count). The minimum atomic E-state index is -1.05. The van der Waals surface area contributed by atoms with E-state index < -0.39 is 24.0 Å². The maximum absolute atomic E-state index is 11.3. The van der Waals surface area contributed by atoms with Gasteiger partial charge in [-0.2, -0.15) is 0 Å². The SMILES string of the molecule is CC1(C)OCC(C(O)C2=CCCC2)N1C(=O)O. The van der Waals surface area contributed by atoms with Crippen LogP contribution in [0.1, 0.15) is 33.1 Å². The van der Waals surface area contributed by atoms with E-state index >= 15 is 0 Å². The summed E-state index contributed by atoms with van der Waals surface area (Å²) in [5, 5.41) is 19.5. The van der Waals surface area contributed by atoms with Gasteiger partial charge in [0.05, 0.1) is 18.8 Å². The second-order valence-corrected chi connectivity index (χ2v) is 5.09. The molecule has 1 heterocycles. The Labute approximate surface area is 101 Å². The number of hydrogen-bond donors (Lipinski definition) is 2. The number of nitrogens with zero attached hydrogens (tertiary/aromatic N) is 1. The number of aliphatic hydroxyl groups excluding tert-OH is 1. The van der Waals surface area contributed by atoms with Gasteiger partial charge in [0.25, 0.3) is 0 Å². The molecule has 0 saturated carbocycles. The van der Waals surface area contributed by atoms with E-state index in [1.807, 2.05) is 6.08 Å². The minimum absolute atomic E-state index is 0.248. The van der Waals surface area contributed by atoms with Crippen LogP contribution >= 0.6 is 0 Å². The van der Waals surface area contributed by atoms with Crippen LogP contribution in [0.25, 0.3) is 0 Å². The van der Waals surface area contributed by atoms with E-state index in [0.29, 0.717) is 0 Å². The Hall–Kier alpha value is -1.07. The van der Waals surface area contributed by atoms with Crippen molar-refractivity contribution in [1.29, 1.82) is 0 Å². The lowest BCUT2D eigenvalue weighted by atomic mass is 10.0. The zero-order chi connectivity index (χ0) is 12.6. The van der Waals surface area contributed by atoms with Crippen molar-refractivity contribution >= 4 is 6.09 Å². The predicted octanol–water partition coefficient (Wildman–Crippen LogP) is 1.57. The molecule has 1 saturated heterocycles. The highest BCUT2D eigenvalue weighted by atomic mass is 16.5. The quantitative estimate of drug-likeness (QED) is 0.720. The molecule has 5 nitrogen and oxygen atoms in total. The number of rotatable bonds is 2. The molecule has 0 aromatic rings. The molecule has 2 atom stereocenters. The largest absolute Gasteiger partial charge is 0.465 e. The summed E-state index contributed by atoms with van der Waals surface area (Å²) in [5.74, 6) is 0. The van der Waals surface area contributed by atoms with E-state index in [4.69, 9.17) is 4.74 Å². The van der Waals surface area contributed by atoms with E-state index in [0.717, 1.165) is 24.8 Å². The first-order valence-corrected chi connectivity index (χ1v) is 5.96. The van der Waals surface area contributed by atoms with Gasteiger partial charge in [-0.3, -0.25) is 4.90 Å². The first-order chi connectivity index (χ1) is 7.93. The molecule has 2 aliphatic rings. The third kappa shape index (κ3) is 2.17. The van der Waals surface area contributed by atoms with Crippen molar-refractivity contribution in [2.45, 2.75) is 51.0 Å². The van der Waals surface area contributed by atoms with Gasteiger partial charge in [-0.1, -0.05) is 6.08 Å². The van der Waals surface area contributed by atoms with Gasteiger partial charge in [0.15, 0.2) is 0 Å². The monoisotopic (exact) mass is 241 g/mol. The highest BCUT2D eigenvalue weighted by Crippen LogP contribution is 2.33. The van der Waals surface area contributed by atoms with Crippen molar-refractivity contribution in [3.8, 4) is 0 Å². The van der Waals surface area contributed by atoms with Crippen molar-refractivity contribution in [3.05, 3.63) is 11.6 Å². The van der Waals surface area contributed by atoms with Crippen molar-refractivity contribution in [3.63, 3.8) is 0 Å². The lowest BCUT2D eigenvalue weighted by Gasteiger charge is -2.33. The Morgan fingerprint density at radius 1 is 1.65 bits per heavy atom. The molecular weight excluding hydrogens is 222 g/mol. The third-order valence-corrected chi connectivity index (χ3v) is 3.55. The van der Waals surface area contributed by atoms with Crippen molar-refractivity contribution in [1.82, 2.24) is 4.90 Å². The fourth-order valence-electron chi connectivity index (χ4n) is 2.65. The van der Waals surface area contributed by atoms with Crippen molar-refractivity contribution in [2.75, 3.05) is 6.61 Å². The van der Waals surface area contributed by atoms with Gasteiger partial charge in [0, 0.05) is 0 Å². The van der Waals surface area contributed by atoms with Crippen LogP contribution in [0.4, 0.5) is 4.79 Å². The summed E-state index contributed by atoms with van der Waals surface area (Å²) in [5.41, 5.74) is 0.0824. The summed E-state index contributed by atoms with van der Waals surface area (Å²) < 4.78 is 5.47. The van der Waals surface area contributed by atoms with Crippen LogP contribution in [0.15, 0.2) is 11.6 Å². The van der Waals surface area contributed by atoms with Crippen molar-refractivity contribution < 1.29 is 19.7 Å². The summed E-state index contributed by atoms with van der Waals surface area (Å²) in [6, 6.07) is -0.494. The van der Waals surface area contributed by atoms with Gasteiger partial charge in [-0.05, 0) is 38.7 Å². The smallest absolute Gasteiger partial charge is 0.410 e. The fraction of sp³-hybridized carbons (Fsp3) is 0.750. The Bertz CT molecular complexity index is 350. The molecule has 17 heavy (non-hydrogen) atoms. The molecule has 0 bridgehead atoms. The number of aliphatic hydroxyl groups is 1. The fourth-order valence-corrected chi connectivity index (χ4v) is 2.65. The summed E-state index contributed by atoms with van der Waals surface area (Å²) in [4.78, 5) is 12.5. The van der Waals surface area contributed by atoms with E-state index in [1.165, 1.54) is 4.90 Å². The molecule has 1 aliphatic carbocycles. The number of hydrogen-bond acceptors (Lipinski definition) is 3. The molecule has 2 unspecified atom stereocenters. The van der Waals surface area contributed by atoms with Crippen LogP contribution in [0.5, 0.6) is 0 Å². The maximum Gasteiger partial charge on any atom is 0.410 e. The van der Waals surface area contributed by atoms with E-state index in [-0.39, 0.29) is 6.61 Å². The standard InChI is InChI=1S/C12H19NO4/c1-12(2)13(11(15)16)9(7-17-12)10(14)8-5-3-4-6-8/h5,9-10,14H,3-4,6-7H2,1-2H3,(H,15,16). The Kier molecular flexibility index (Phi) is 3.14. The van der Waals surface area contributed by atoms with Crippen molar-refractivity contribution in [2.24, 2.45) is 0 Å². The second-order valence-electron chi connectivity index (χ2n) is 5.09.